The van der Waals surface area contributed by atoms with Gasteiger partial charge in [0.2, 0.25) is 11.8 Å². The van der Waals surface area contributed by atoms with Crippen molar-refractivity contribution in [2.75, 3.05) is 63.4 Å². The molecule has 5 N–H and O–H groups in total. The van der Waals surface area contributed by atoms with Gasteiger partial charge in [-0.1, -0.05) is 30.3 Å². The van der Waals surface area contributed by atoms with Crippen LogP contribution in [0.1, 0.15) is 57.5 Å². The van der Waals surface area contributed by atoms with Crippen molar-refractivity contribution in [3.63, 3.8) is 0 Å². The summed E-state index contributed by atoms with van der Waals surface area (Å²) in [7, 11) is 0. The lowest BCUT2D eigenvalue weighted by atomic mass is 9.98. The van der Waals surface area contributed by atoms with E-state index in [0.717, 1.165) is 18.0 Å². The number of amides is 3. The van der Waals surface area contributed by atoms with E-state index in [-0.39, 0.29) is 83.8 Å². The van der Waals surface area contributed by atoms with Gasteiger partial charge in [-0.15, -0.1) is 0 Å². The Labute approximate surface area is 409 Å². The van der Waals surface area contributed by atoms with Crippen LogP contribution < -0.4 is 26.6 Å². The molecule has 3 aromatic rings. The summed E-state index contributed by atoms with van der Waals surface area (Å²) in [6, 6.07) is 6.93. The van der Waals surface area contributed by atoms with Crippen LogP contribution in [-0.4, -0.2) is 157 Å². The Morgan fingerprint density at radius 2 is 1.11 bits per heavy atom. The largest absolute Gasteiger partial charge is 0.445 e. The van der Waals surface area contributed by atoms with Crippen molar-refractivity contribution >= 4 is 29.5 Å². The van der Waals surface area contributed by atoms with Gasteiger partial charge in [0.1, 0.15) is 54.9 Å². The van der Waals surface area contributed by atoms with E-state index in [1.54, 1.807) is 52.0 Å². The molecule has 0 spiro atoms. The number of hydrogen-bond donors (Lipinski definition) is 5. The van der Waals surface area contributed by atoms with Crippen molar-refractivity contribution in [3.05, 3.63) is 72.1 Å². The number of rotatable bonds is 21. The zero-order chi connectivity index (χ0) is 51.7. The Morgan fingerprint density at radius 1 is 0.667 bits per heavy atom. The first-order valence-electron chi connectivity index (χ1n) is 23.0. The molecule has 27 heteroatoms. The minimum Gasteiger partial charge on any atom is -0.445 e. The highest BCUT2D eigenvalue weighted by Gasteiger charge is 2.53. The monoisotopic (exact) mass is 1030 g/mol. The fourth-order valence-corrected chi connectivity index (χ4v) is 8.24. The van der Waals surface area contributed by atoms with E-state index in [2.05, 4.69) is 46.5 Å². The molecule has 4 fully saturated rings. The topological polar surface area (TPSA) is 246 Å². The lowest BCUT2D eigenvalue weighted by molar-refractivity contribution is -0.154. The molecule has 0 radical (unpaired) electrons. The van der Waals surface area contributed by atoms with E-state index in [4.69, 9.17) is 42.6 Å². The average Bonchev–Trinajstić information content (AvgIpc) is 3.85. The molecule has 8 atom stereocenters. The Balaban J connectivity index is 0.841. The summed E-state index contributed by atoms with van der Waals surface area (Å²) in [5, 5.41) is 14.1. The fraction of sp³-hybridized carbons (Fsp3) is 0.622. The van der Waals surface area contributed by atoms with Crippen LogP contribution in [0.15, 0.2) is 55.1 Å². The molecule has 396 valence electrons. The van der Waals surface area contributed by atoms with Crippen LogP contribution in [0.2, 0.25) is 0 Å². The van der Waals surface area contributed by atoms with E-state index in [9.17, 15) is 40.7 Å². The van der Waals surface area contributed by atoms with E-state index >= 15 is 0 Å². The number of ether oxygens (including phenoxy) is 9. The maximum Gasteiger partial charge on any atom is 0.434 e. The number of anilines is 2. The lowest BCUT2D eigenvalue weighted by Gasteiger charge is -2.37. The van der Waals surface area contributed by atoms with E-state index < -0.39 is 108 Å². The third-order valence-electron chi connectivity index (χ3n) is 11.5. The average molecular weight is 1030 g/mol. The SMILES string of the molecule is CC1(C)O[C@@H]2[C@H](O1)[C@@H](Nc1cncc(C(F)(F)F)n1)CO[C@@H]2CNC(=O)CCOCC(COCCC(=O)NC[C@H]1OC[C@H](Nc2cncc(C(F)(F)F)n2)[C@H]2OC(C)(C)O[C@H]21)NC(=O)OCc1ccccc1. The van der Waals surface area contributed by atoms with Gasteiger partial charge in [0, 0.05) is 25.9 Å². The molecule has 4 aliphatic rings. The smallest absolute Gasteiger partial charge is 0.434 e. The summed E-state index contributed by atoms with van der Waals surface area (Å²) >= 11 is 0. The first-order valence-corrected chi connectivity index (χ1v) is 23.0. The summed E-state index contributed by atoms with van der Waals surface area (Å²) < 4.78 is 133. The summed E-state index contributed by atoms with van der Waals surface area (Å²) in [5.74, 6) is -3.16. The van der Waals surface area contributed by atoms with E-state index in [1.807, 2.05) is 6.07 Å². The number of hydrogen-bond acceptors (Lipinski definition) is 18. The summed E-state index contributed by atoms with van der Waals surface area (Å²) in [4.78, 5) is 53.2. The first kappa shape index (κ1) is 54.2. The highest BCUT2D eigenvalue weighted by molar-refractivity contribution is 5.76. The summed E-state index contributed by atoms with van der Waals surface area (Å²) in [6.07, 6.45) is -10.9. The molecule has 72 heavy (non-hydrogen) atoms. The van der Waals surface area contributed by atoms with Crippen molar-refractivity contribution in [2.24, 2.45) is 0 Å². The number of aromatic nitrogens is 4. The van der Waals surface area contributed by atoms with Crippen LogP contribution in [0.25, 0.3) is 0 Å². The highest BCUT2D eigenvalue weighted by Crippen LogP contribution is 2.38. The van der Waals surface area contributed by atoms with Crippen molar-refractivity contribution < 1.29 is 83.4 Å². The Morgan fingerprint density at radius 3 is 1.56 bits per heavy atom. The number of benzene rings is 1. The molecule has 4 aliphatic heterocycles. The first-order chi connectivity index (χ1) is 34.1. The second-order valence-electron chi connectivity index (χ2n) is 18.1. The van der Waals surface area contributed by atoms with Crippen LogP contribution in [0.5, 0.6) is 0 Å². The maximum absolute atomic E-state index is 13.3. The van der Waals surface area contributed by atoms with Crippen molar-refractivity contribution in [2.45, 2.75) is 126 Å². The van der Waals surface area contributed by atoms with Gasteiger partial charge in [-0.2, -0.15) is 26.3 Å². The predicted molar refractivity (Wildman–Crippen MR) is 236 cm³/mol. The van der Waals surface area contributed by atoms with Gasteiger partial charge >= 0.3 is 18.4 Å². The minimum absolute atomic E-state index is 0.00718. The van der Waals surface area contributed by atoms with Crippen LogP contribution >= 0.6 is 0 Å². The van der Waals surface area contributed by atoms with Crippen LogP contribution in [-0.2, 0) is 71.2 Å². The Bertz CT molecular complexity index is 2160. The molecule has 6 heterocycles. The maximum atomic E-state index is 13.3. The van der Waals surface area contributed by atoms with Crippen molar-refractivity contribution in [1.29, 1.82) is 0 Å². The number of carbonyl (C=O) groups is 3. The van der Waals surface area contributed by atoms with Crippen LogP contribution in [0.3, 0.4) is 0 Å². The van der Waals surface area contributed by atoms with Crippen LogP contribution in [0, 0.1) is 0 Å². The Hall–Kier alpha value is -5.55. The number of carbonyl (C=O) groups excluding carboxylic acids is 3. The van der Waals surface area contributed by atoms with E-state index in [0.29, 0.717) is 12.4 Å². The molecule has 2 aromatic heterocycles. The number of halogens is 6. The van der Waals surface area contributed by atoms with Gasteiger partial charge in [-0.25, -0.2) is 14.8 Å². The number of fused-ring (bicyclic) bond motifs is 2. The van der Waals surface area contributed by atoms with Gasteiger partial charge in [-0.3, -0.25) is 19.6 Å². The Kier molecular flexibility index (Phi) is 17.7. The lowest BCUT2D eigenvalue weighted by Crippen LogP contribution is -2.57. The van der Waals surface area contributed by atoms with Gasteiger partial charge in [0.25, 0.3) is 0 Å². The molecule has 21 nitrogen and oxygen atoms in total. The molecule has 0 unspecified atom stereocenters. The normalized spacial score (nSPS) is 25.9. The molecule has 3 amide bonds. The molecule has 1 aromatic carbocycles. The van der Waals surface area contributed by atoms with Gasteiger partial charge in [-0.05, 0) is 33.3 Å². The molecule has 7 rings (SSSR count). The molecule has 0 aliphatic carbocycles. The van der Waals surface area contributed by atoms with Gasteiger partial charge in [0.05, 0.1) is 82.6 Å². The zero-order valence-corrected chi connectivity index (χ0v) is 39.6. The molecular weight excluding hydrogens is 973 g/mol. The second-order valence-corrected chi connectivity index (χ2v) is 18.1. The molecule has 4 saturated heterocycles. The van der Waals surface area contributed by atoms with E-state index in [1.165, 1.54) is 0 Å². The van der Waals surface area contributed by atoms with Gasteiger partial charge in [0.15, 0.2) is 23.0 Å². The standard InChI is InChI=1S/C45H57F6N9O12/c1-42(2)69-37-27(57-33-18-52-16-31(59-33)44(46,47)48)23-66-29(39(37)71-42)14-54-35(61)10-12-64-21-26(56-41(63)68-20-25-8-6-5-7-9-25)22-65-13-11-36(62)55-15-30-40-38(70-43(3,4)72-40)28(24-67-30)58-34-19-53-17-32(60-34)45(49,50)51/h5-9,16-19,26-30,37-40H,10-15,20-24H2,1-4H3,(H,54,61)(H,55,62)(H,56,63)(H,57,59)(H,58,60)/t27-,28-,29+,30+,37+,38+,39-,40-/m0/s1. The molecule has 0 bridgehead atoms. The minimum atomic E-state index is -4.69. The summed E-state index contributed by atoms with van der Waals surface area (Å²) in [6.45, 7) is 6.42. The number of alkyl carbamates (subject to hydrolysis) is 1. The zero-order valence-electron chi connectivity index (χ0n) is 39.6. The quantitative estimate of drug-likeness (QED) is 0.0754. The van der Waals surface area contributed by atoms with Crippen LogP contribution in [0.4, 0.5) is 42.8 Å². The third kappa shape index (κ3) is 15.5. The fourth-order valence-electron chi connectivity index (χ4n) is 8.24. The number of nitrogens with zero attached hydrogens (tertiary/aromatic N) is 4. The summed E-state index contributed by atoms with van der Waals surface area (Å²) in [5.41, 5.74) is -1.57. The number of alkyl halides is 6. The second kappa shape index (κ2) is 23.5. The molecular formula is C45H57F6N9O12. The predicted octanol–water partition coefficient (Wildman–Crippen LogP) is 3.74. The highest BCUT2D eigenvalue weighted by atomic mass is 19.4. The number of nitrogens with one attached hydrogen (secondary N) is 5. The molecule has 0 saturated carbocycles. The van der Waals surface area contributed by atoms with Gasteiger partial charge < -0.3 is 69.2 Å². The van der Waals surface area contributed by atoms with Crippen molar-refractivity contribution in [3.8, 4) is 0 Å². The van der Waals surface area contributed by atoms with Crippen molar-refractivity contribution in [1.82, 2.24) is 35.9 Å². The third-order valence-corrected chi connectivity index (χ3v) is 11.5.